The summed E-state index contributed by atoms with van der Waals surface area (Å²) in [4.78, 5) is 13.5. The fourth-order valence-electron chi connectivity index (χ4n) is 4.06. The summed E-state index contributed by atoms with van der Waals surface area (Å²) in [5, 5.41) is 0.512. The Balaban J connectivity index is 1.60. The van der Waals surface area contributed by atoms with Crippen molar-refractivity contribution >= 4 is 17.0 Å². The average Bonchev–Trinajstić information content (AvgIpc) is 2.71. The second kappa shape index (κ2) is 5.56. The maximum Gasteiger partial charge on any atom is 0.201 e. The molecule has 0 fully saturated rings. The van der Waals surface area contributed by atoms with Crippen LogP contribution in [0.15, 0.2) is 39.6 Å². The fourth-order valence-corrected chi connectivity index (χ4v) is 4.06. The Labute approximate surface area is 166 Å². The molecule has 0 atom stereocenters. The monoisotopic (exact) mass is 390 g/mol. The minimum atomic E-state index is -0.404. The first-order chi connectivity index (χ1) is 14.0. The molecule has 0 N–H and O–H groups in total. The van der Waals surface area contributed by atoms with Gasteiger partial charge in [0.15, 0.2) is 17.3 Å². The van der Waals surface area contributed by atoms with E-state index in [1.165, 1.54) is 0 Å². The highest BCUT2D eigenvalue weighted by atomic mass is 16.6. The second-order valence-corrected chi connectivity index (χ2v) is 7.90. The van der Waals surface area contributed by atoms with Crippen molar-refractivity contribution in [3.05, 3.63) is 51.9 Å². The summed E-state index contributed by atoms with van der Waals surface area (Å²) < 4.78 is 29.4. The molecule has 0 aliphatic carbocycles. The molecule has 29 heavy (non-hydrogen) atoms. The van der Waals surface area contributed by atoms with Crippen LogP contribution in [-0.4, -0.2) is 18.8 Å². The normalized spacial score (nSPS) is 17.6. The highest BCUT2D eigenvalue weighted by molar-refractivity contribution is 5.93. The molecule has 0 bridgehead atoms. The molecule has 146 valence electrons. The van der Waals surface area contributed by atoms with E-state index in [-0.39, 0.29) is 12.0 Å². The van der Waals surface area contributed by atoms with Crippen LogP contribution in [0.25, 0.3) is 28.2 Å². The largest absolute Gasteiger partial charge is 0.486 e. The average molecular weight is 390 g/mol. The summed E-state index contributed by atoms with van der Waals surface area (Å²) in [7, 11) is 0. The van der Waals surface area contributed by atoms with Crippen LogP contribution >= 0.6 is 0 Å². The van der Waals surface area contributed by atoms with E-state index >= 15 is 0 Å². The van der Waals surface area contributed by atoms with Gasteiger partial charge in [-0.1, -0.05) is 0 Å². The molecular weight excluding hydrogens is 372 g/mol. The Morgan fingerprint density at radius 2 is 1.72 bits per heavy atom. The van der Waals surface area contributed by atoms with E-state index in [1.807, 2.05) is 32.1 Å². The molecule has 6 heteroatoms. The second-order valence-electron chi connectivity index (χ2n) is 7.90. The minimum absolute atomic E-state index is 0.0940. The minimum Gasteiger partial charge on any atom is -0.486 e. The van der Waals surface area contributed by atoms with Crippen molar-refractivity contribution in [2.45, 2.75) is 26.1 Å². The summed E-state index contributed by atoms with van der Waals surface area (Å²) in [6.07, 6.45) is 3.92. The van der Waals surface area contributed by atoms with Crippen LogP contribution in [0.5, 0.6) is 23.0 Å². The fraction of sp³-hybridized carbons (Fsp3) is 0.261. The SMILES string of the molecule is CC1(C)C=Cc2c(ccc3c(=O)c4c(oc23)COc2cc3c(cc2-4)OCCO3)O1. The predicted molar refractivity (Wildman–Crippen MR) is 107 cm³/mol. The maximum absolute atomic E-state index is 13.5. The van der Waals surface area contributed by atoms with Crippen molar-refractivity contribution in [2.75, 3.05) is 13.2 Å². The Morgan fingerprint density at radius 3 is 2.55 bits per heavy atom. The van der Waals surface area contributed by atoms with Crippen molar-refractivity contribution < 1.29 is 23.4 Å². The van der Waals surface area contributed by atoms with Crippen LogP contribution in [0.1, 0.15) is 25.2 Å². The standard InChI is InChI=1S/C23H18O6/c1-23(2)6-5-12-15(29-23)4-3-13-21(24)20-14-9-17-18(26-8-7-25-17)10-16(14)27-11-19(20)28-22(12)13/h3-6,9-10H,7-8,11H2,1-2H3. The van der Waals surface area contributed by atoms with Gasteiger partial charge in [-0.05, 0) is 44.2 Å². The van der Waals surface area contributed by atoms with E-state index in [9.17, 15) is 4.79 Å². The lowest BCUT2D eigenvalue weighted by Gasteiger charge is -2.28. The van der Waals surface area contributed by atoms with Gasteiger partial charge in [0.05, 0.1) is 16.5 Å². The molecule has 3 aliphatic rings. The highest BCUT2D eigenvalue weighted by Crippen LogP contribution is 2.45. The molecule has 3 aromatic rings. The summed E-state index contributed by atoms with van der Waals surface area (Å²) >= 11 is 0. The van der Waals surface area contributed by atoms with E-state index < -0.39 is 5.60 Å². The Kier molecular flexibility index (Phi) is 3.17. The van der Waals surface area contributed by atoms with E-state index in [4.69, 9.17) is 23.4 Å². The van der Waals surface area contributed by atoms with Gasteiger partial charge in [-0.2, -0.15) is 0 Å². The van der Waals surface area contributed by atoms with Crippen LogP contribution < -0.4 is 24.4 Å². The number of ether oxygens (including phenoxy) is 4. The topological polar surface area (TPSA) is 67.1 Å². The van der Waals surface area contributed by atoms with Gasteiger partial charge < -0.3 is 23.4 Å². The first kappa shape index (κ1) is 16.5. The first-order valence-electron chi connectivity index (χ1n) is 9.58. The zero-order valence-electron chi connectivity index (χ0n) is 16.0. The lowest BCUT2D eigenvalue weighted by Crippen LogP contribution is -2.27. The van der Waals surface area contributed by atoms with Crippen LogP contribution in [-0.2, 0) is 6.61 Å². The highest BCUT2D eigenvalue weighted by Gasteiger charge is 2.30. The van der Waals surface area contributed by atoms with Crippen LogP contribution in [0.3, 0.4) is 0 Å². The molecule has 1 aromatic heterocycles. The van der Waals surface area contributed by atoms with Crippen molar-refractivity contribution in [3.63, 3.8) is 0 Å². The molecule has 0 amide bonds. The van der Waals surface area contributed by atoms with Gasteiger partial charge in [-0.3, -0.25) is 4.79 Å². The van der Waals surface area contributed by atoms with Crippen molar-refractivity contribution in [1.82, 2.24) is 0 Å². The molecule has 0 radical (unpaired) electrons. The van der Waals surface area contributed by atoms with Gasteiger partial charge in [0.1, 0.15) is 42.5 Å². The third kappa shape index (κ3) is 2.38. The van der Waals surface area contributed by atoms with Gasteiger partial charge >= 0.3 is 0 Å². The molecule has 6 rings (SSSR count). The Bertz CT molecular complexity index is 1280. The predicted octanol–water partition coefficient (Wildman–Crippen LogP) is 4.31. The Hall–Kier alpha value is -3.41. The zero-order chi connectivity index (χ0) is 19.8. The number of hydrogen-bond donors (Lipinski definition) is 0. The molecule has 0 saturated heterocycles. The van der Waals surface area contributed by atoms with Gasteiger partial charge in [0.25, 0.3) is 0 Å². The van der Waals surface area contributed by atoms with E-state index in [2.05, 4.69) is 0 Å². The van der Waals surface area contributed by atoms with E-state index in [0.717, 1.165) is 5.56 Å². The van der Waals surface area contributed by atoms with Crippen molar-refractivity contribution in [3.8, 4) is 34.1 Å². The molecular formula is C23H18O6. The molecule has 3 aliphatic heterocycles. The van der Waals surface area contributed by atoms with Crippen LogP contribution in [0.4, 0.5) is 0 Å². The molecule has 0 spiro atoms. The lowest BCUT2D eigenvalue weighted by molar-refractivity contribution is 0.159. The van der Waals surface area contributed by atoms with Gasteiger partial charge in [-0.25, -0.2) is 0 Å². The molecule has 6 nitrogen and oxygen atoms in total. The van der Waals surface area contributed by atoms with Crippen LogP contribution in [0.2, 0.25) is 0 Å². The van der Waals surface area contributed by atoms with E-state index in [0.29, 0.717) is 64.1 Å². The summed E-state index contributed by atoms with van der Waals surface area (Å²) in [6, 6.07) is 7.18. The van der Waals surface area contributed by atoms with Gasteiger partial charge in [0.2, 0.25) is 5.43 Å². The van der Waals surface area contributed by atoms with Gasteiger partial charge in [0, 0.05) is 11.6 Å². The smallest absolute Gasteiger partial charge is 0.201 e. The maximum atomic E-state index is 13.5. The molecule has 0 saturated carbocycles. The Morgan fingerprint density at radius 1 is 0.931 bits per heavy atom. The first-order valence-corrected chi connectivity index (χ1v) is 9.58. The molecule has 4 heterocycles. The number of fused-ring (bicyclic) bond motifs is 7. The third-order valence-electron chi connectivity index (χ3n) is 5.43. The zero-order valence-corrected chi connectivity index (χ0v) is 16.0. The van der Waals surface area contributed by atoms with E-state index in [1.54, 1.807) is 18.2 Å². The van der Waals surface area contributed by atoms with Gasteiger partial charge in [-0.15, -0.1) is 0 Å². The lowest BCUT2D eigenvalue weighted by atomic mass is 9.96. The molecule has 2 aromatic carbocycles. The summed E-state index contributed by atoms with van der Waals surface area (Å²) in [5.41, 5.74) is 1.97. The van der Waals surface area contributed by atoms with Crippen molar-refractivity contribution in [1.29, 1.82) is 0 Å². The van der Waals surface area contributed by atoms with Crippen LogP contribution in [0, 0.1) is 0 Å². The summed E-state index contributed by atoms with van der Waals surface area (Å²) in [5.74, 6) is 3.03. The third-order valence-corrected chi connectivity index (χ3v) is 5.43. The van der Waals surface area contributed by atoms with Crippen molar-refractivity contribution in [2.24, 2.45) is 0 Å². The quantitative estimate of drug-likeness (QED) is 0.570. The number of rotatable bonds is 0. The molecule has 0 unspecified atom stereocenters. The number of benzene rings is 2. The summed E-state index contributed by atoms with van der Waals surface area (Å²) in [6.45, 7) is 5.11. The number of hydrogen-bond acceptors (Lipinski definition) is 6.